The first-order valence-electron chi connectivity index (χ1n) is 7.53. The number of hydrogen-bond donors (Lipinski definition) is 1. The van der Waals surface area contributed by atoms with E-state index in [1.807, 2.05) is 11.3 Å². The monoisotopic (exact) mass is 285 g/mol. The molecule has 1 saturated carbocycles. The van der Waals surface area contributed by atoms with Gasteiger partial charge in [0.25, 0.3) is 0 Å². The van der Waals surface area contributed by atoms with E-state index < -0.39 is 0 Å². The molecule has 2 aromatic rings. The Bertz CT molecular complexity index is 552. The molecule has 0 radical (unpaired) electrons. The van der Waals surface area contributed by atoms with Crippen LogP contribution in [0.4, 0.5) is 0 Å². The van der Waals surface area contributed by atoms with Crippen molar-refractivity contribution in [2.75, 3.05) is 6.54 Å². The summed E-state index contributed by atoms with van der Waals surface area (Å²) in [5.41, 5.74) is 3.26. The van der Waals surface area contributed by atoms with Crippen molar-refractivity contribution < 1.29 is 0 Å². The first kappa shape index (κ1) is 13.8. The molecule has 1 aliphatic rings. The highest BCUT2D eigenvalue weighted by Crippen LogP contribution is 2.51. The Labute approximate surface area is 126 Å². The standard InChI is InChI=1S/C18H23NS/c1-14(2)18(8-9-18)13-19-11-17-10-16(12-20-17)15-6-4-3-5-7-15/h3-7,10,12,14,19H,8-9,11,13H2,1-2H3. The zero-order chi connectivity index (χ0) is 14.0. The van der Waals surface area contributed by atoms with Crippen LogP contribution >= 0.6 is 11.3 Å². The van der Waals surface area contributed by atoms with Crippen molar-refractivity contribution in [2.45, 2.75) is 33.2 Å². The number of thiophene rings is 1. The second kappa shape index (κ2) is 5.71. The number of benzene rings is 1. The maximum absolute atomic E-state index is 3.66. The van der Waals surface area contributed by atoms with Crippen molar-refractivity contribution in [1.82, 2.24) is 5.32 Å². The Kier molecular flexibility index (Phi) is 3.95. The normalized spacial score (nSPS) is 16.6. The molecule has 1 nitrogen and oxygen atoms in total. The lowest BCUT2D eigenvalue weighted by molar-refractivity contribution is 0.338. The lowest BCUT2D eigenvalue weighted by atomic mass is 9.92. The summed E-state index contributed by atoms with van der Waals surface area (Å²) in [4.78, 5) is 1.43. The van der Waals surface area contributed by atoms with Gasteiger partial charge < -0.3 is 5.32 Å². The molecule has 1 aromatic heterocycles. The third-order valence-corrected chi connectivity index (χ3v) is 5.59. The quantitative estimate of drug-likeness (QED) is 0.792. The third kappa shape index (κ3) is 2.97. The average Bonchev–Trinajstić information content (AvgIpc) is 3.11. The molecule has 0 aliphatic heterocycles. The van der Waals surface area contributed by atoms with Gasteiger partial charge in [-0.1, -0.05) is 44.2 Å². The van der Waals surface area contributed by atoms with Crippen molar-refractivity contribution in [1.29, 1.82) is 0 Å². The molecule has 0 bridgehead atoms. The van der Waals surface area contributed by atoms with Crippen LogP contribution < -0.4 is 5.32 Å². The predicted octanol–water partition coefficient (Wildman–Crippen LogP) is 4.94. The Balaban J connectivity index is 1.56. The number of nitrogens with one attached hydrogen (secondary N) is 1. The van der Waals surface area contributed by atoms with Gasteiger partial charge in [-0.3, -0.25) is 0 Å². The van der Waals surface area contributed by atoms with Gasteiger partial charge in [-0.2, -0.15) is 0 Å². The second-order valence-corrected chi connectivity index (χ2v) is 7.28. The van der Waals surface area contributed by atoms with Gasteiger partial charge in [0, 0.05) is 18.0 Å². The van der Waals surface area contributed by atoms with E-state index in [9.17, 15) is 0 Å². The highest BCUT2D eigenvalue weighted by Gasteiger charge is 2.44. The highest BCUT2D eigenvalue weighted by atomic mass is 32.1. The Hall–Kier alpha value is -1.12. The maximum Gasteiger partial charge on any atom is 0.0300 e. The summed E-state index contributed by atoms with van der Waals surface area (Å²) < 4.78 is 0. The predicted molar refractivity (Wildman–Crippen MR) is 88.0 cm³/mol. The van der Waals surface area contributed by atoms with E-state index in [0.29, 0.717) is 5.41 Å². The van der Waals surface area contributed by atoms with Crippen molar-refractivity contribution in [3.63, 3.8) is 0 Å². The minimum atomic E-state index is 0.597. The van der Waals surface area contributed by atoms with Crippen LogP contribution in [0.15, 0.2) is 41.8 Å². The van der Waals surface area contributed by atoms with E-state index >= 15 is 0 Å². The molecule has 0 unspecified atom stereocenters. The molecule has 0 atom stereocenters. The first-order chi connectivity index (χ1) is 9.70. The molecule has 1 fully saturated rings. The van der Waals surface area contributed by atoms with Gasteiger partial charge in [-0.15, -0.1) is 11.3 Å². The van der Waals surface area contributed by atoms with Crippen LogP contribution in [0, 0.1) is 11.3 Å². The van der Waals surface area contributed by atoms with Crippen molar-refractivity contribution in [2.24, 2.45) is 11.3 Å². The molecule has 0 saturated heterocycles. The van der Waals surface area contributed by atoms with Crippen LogP contribution in [-0.2, 0) is 6.54 Å². The fraction of sp³-hybridized carbons (Fsp3) is 0.444. The van der Waals surface area contributed by atoms with E-state index in [1.165, 1.54) is 35.4 Å². The first-order valence-corrected chi connectivity index (χ1v) is 8.41. The molecule has 1 N–H and O–H groups in total. The summed E-state index contributed by atoms with van der Waals surface area (Å²) in [5.74, 6) is 0.804. The van der Waals surface area contributed by atoms with Gasteiger partial charge in [-0.25, -0.2) is 0 Å². The third-order valence-electron chi connectivity index (χ3n) is 4.65. The van der Waals surface area contributed by atoms with E-state index in [0.717, 1.165) is 12.5 Å². The van der Waals surface area contributed by atoms with Crippen LogP contribution in [0.1, 0.15) is 31.6 Å². The topological polar surface area (TPSA) is 12.0 Å². The average molecular weight is 285 g/mol. The summed E-state index contributed by atoms with van der Waals surface area (Å²) in [6.07, 6.45) is 2.80. The minimum absolute atomic E-state index is 0.597. The van der Waals surface area contributed by atoms with Gasteiger partial charge in [0.2, 0.25) is 0 Å². The Morgan fingerprint density at radius 1 is 1.15 bits per heavy atom. The molecular weight excluding hydrogens is 262 g/mol. The van der Waals surface area contributed by atoms with E-state index in [1.54, 1.807) is 0 Å². The molecular formula is C18H23NS. The largest absolute Gasteiger partial charge is 0.311 e. The smallest absolute Gasteiger partial charge is 0.0300 e. The molecule has 1 aliphatic carbocycles. The van der Waals surface area contributed by atoms with Crippen LogP contribution in [0.2, 0.25) is 0 Å². The molecule has 0 amide bonds. The SMILES string of the molecule is CC(C)C1(CNCc2cc(-c3ccccc3)cs2)CC1. The van der Waals surface area contributed by atoms with Crippen molar-refractivity contribution in [3.05, 3.63) is 46.7 Å². The zero-order valence-electron chi connectivity index (χ0n) is 12.4. The molecule has 20 heavy (non-hydrogen) atoms. The highest BCUT2D eigenvalue weighted by molar-refractivity contribution is 7.10. The number of rotatable bonds is 6. The summed E-state index contributed by atoms with van der Waals surface area (Å²) in [6.45, 7) is 6.88. The van der Waals surface area contributed by atoms with Crippen LogP contribution in [0.5, 0.6) is 0 Å². The number of hydrogen-bond acceptors (Lipinski definition) is 2. The maximum atomic E-state index is 3.66. The van der Waals surface area contributed by atoms with E-state index in [4.69, 9.17) is 0 Å². The van der Waals surface area contributed by atoms with Crippen LogP contribution in [0.3, 0.4) is 0 Å². The Morgan fingerprint density at radius 3 is 2.55 bits per heavy atom. The molecule has 0 spiro atoms. The van der Waals surface area contributed by atoms with Gasteiger partial charge in [0.1, 0.15) is 0 Å². The summed E-state index contributed by atoms with van der Waals surface area (Å²) >= 11 is 1.86. The van der Waals surface area contributed by atoms with E-state index in [-0.39, 0.29) is 0 Å². The summed E-state index contributed by atoms with van der Waals surface area (Å²) in [5, 5.41) is 5.93. The Morgan fingerprint density at radius 2 is 1.90 bits per heavy atom. The van der Waals surface area contributed by atoms with Crippen molar-refractivity contribution >= 4 is 11.3 Å². The molecule has 106 valence electrons. The fourth-order valence-corrected chi connectivity index (χ4v) is 3.67. The van der Waals surface area contributed by atoms with Crippen molar-refractivity contribution in [3.8, 4) is 11.1 Å². The molecule has 3 rings (SSSR count). The summed E-state index contributed by atoms with van der Waals surface area (Å²) in [6, 6.07) is 12.9. The fourth-order valence-electron chi connectivity index (χ4n) is 2.81. The van der Waals surface area contributed by atoms with Gasteiger partial charge in [0.15, 0.2) is 0 Å². The molecule has 2 heteroatoms. The van der Waals surface area contributed by atoms with Crippen LogP contribution in [-0.4, -0.2) is 6.54 Å². The van der Waals surface area contributed by atoms with Gasteiger partial charge in [0.05, 0.1) is 0 Å². The van der Waals surface area contributed by atoms with Crippen LogP contribution in [0.25, 0.3) is 11.1 Å². The molecule has 1 aromatic carbocycles. The van der Waals surface area contributed by atoms with E-state index in [2.05, 4.69) is 60.9 Å². The zero-order valence-corrected chi connectivity index (χ0v) is 13.2. The summed E-state index contributed by atoms with van der Waals surface area (Å²) in [7, 11) is 0. The second-order valence-electron chi connectivity index (χ2n) is 6.29. The minimum Gasteiger partial charge on any atom is -0.311 e. The van der Waals surface area contributed by atoms with Gasteiger partial charge in [-0.05, 0) is 46.7 Å². The molecule has 1 heterocycles. The van der Waals surface area contributed by atoms with Gasteiger partial charge >= 0.3 is 0 Å². The lowest BCUT2D eigenvalue weighted by Gasteiger charge is -2.19. The lowest BCUT2D eigenvalue weighted by Crippen LogP contribution is -2.26.